The Bertz CT molecular complexity index is 640. The molecule has 0 atom stereocenters. The highest BCUT2D eigenvalue weighted by Crippen LogP contribution is 2.27. The molecule has 0 bridgehead atoms. The lowest BCUT2D eigenvalue weighted by molar-refractivity contribution is -0.133. The first kappa shape index (κ1) is 19.5. The molecule has 1 aromatic rings. The van der Waals surface area contributed by atoms with Gasteiger partial charge in [0.1, 0.15) is 11.5 Å². The molecular formula is C21H30N2O4. The van der Waals surface area contributed by atoms with Crippen molar-refractivity contribution >= 4 is 11.8 Å². The number of hydrogen-bond acceptors (Lipinski definition) is 4. The van der Waals surface area contributed by atoms with E-state index in [0.29, 0.717) is 55.6 Å². The number of benzene rings is 1. The standard InChI is InChI=1S/C21H30N2O4/c1-26-18-13-17(14-19(15-18)27-2)21(25)23-10-8-22(9-11-23)20(24)12-16-6-4-3-5-7-16/h13-16H,3-12H2,1-2H3. The fourth-order valence-electron chi connectivity index (χ4n) is 4.04. The van der Waals surface area contributed by atoms with Crippen molar-refractivity contribution in [1.82, 2.24) is 9.80 Å². The Balaban J connectivity index is 1.55. The van der Waals surface area contributed by atoms with E-state index in [1.54, 1.807) is 37.3 Å². The minimum Gasteiger partial charge on any atom is -0.497 e. The van der Waals surface area contributed by atoms with Crippen LogP contribution in [0.1, 0.15) is 48.9 Å². The molecule has 2 aliphatic rings. The van der Waals surface area contributed by atoms with Crippen LogP contribution in [0.5, 0.6) is 11.5 Å². The zero-order chi connectivity index (χ0) is 19.2. The molecule has 1 saturated carbocycles. The van der Waals surface area contributed by atoms with Gasteiger partial charge in [-0.1, -0.05) is 19.3 Å². The molecule has 1 heterocycles. The molecule has 1 aliphatic heterocycles. The van der Waals surface area contributed by atoms with Crippen LogP contribution in [-0.2, 0) is 4.79 Å². The van der Waals surface area contributed by atoms with Crippen molar-refractivity contribution in [3.63, 3.8) is 0 Å². The molecule has 27 heavy (non-hydrogen) atoms. The lowest BCUT2D eigenvalue weighted by Gasteiger charge is -2.36. The Morgan fingerprint density at radius 2 is 1.44 bits per heavy atom. The summed E-state index contributed by atoms with van der Waals surface area (Å²) >= 11 is 0. The second-order valence-electron chi connectivity index (χ2n) is 7.48. The van der Waals surface area contributed by atoms with E-state index in [2.05, 4.69) is 0 Å². The quantitative estimate of drug-likeness (QED) is 0.795. The molecule has 0 radical (unpaired) electrons. The summed E-state index contributed by atoms with van der Waals surface area (Å²) < 4.78 is 10.5. The maximum absolute atomic E-state index is 12.8. The highest BCUT2D eigenvalue weighted by Gasteiger charge is 2.27. The Labute approximate surface area is 161 Å². The minimum atomic E-state index is -0.0495. The zero-order valence-electron chi connectivity index (χ0n) is 16.4. The van der Waals surface area contributed by atoms with Crippen LogP contribution < -0.4 is 9.47 Å². The highest BCUT2D eigenvalue weighted by atomic mass is 16.5. The molecule has 2 amide bonds. The van der Waals surface area contributed by atoms with Crippen LogP contribution in [0.25, 0.3) is 0 Å². The first-order chi connectivity index (χ1) is 13.1. The van der Waals surface area contributed by atoms with Gasteiger partial charge in [0.25, 0.3) is 5.91 Å². The zero-order valence-corrected chi connectivity index (χ0v) is 16.4. The Morgan fingerprint density at radius 1 is 0.889 bits per heavy atom. The fraction of sp³-hybridized carbons (Fsp3) is 0.619. The van der Waals surface area contributed by atoms with Gasteiger partial charge in [-0.25, -0.2) is 0 Å². The average molecular weight is 374 g/mol. The summed E-state index contributed by atoms with van der Waals surface area (Å²) in [5, 5.41) is 0. The molecule has 6 nitrogen and oxygen atoms in total. The van der Waals surface area contributed by atoms with Gasteiger partial charge in [-0.15, -0.1) is 0 Å². The van der Waals surface area contributed by atoms with Gasteiger partial charge in [-0.2, -0.15) is 0 Å². The van der Waals surface area contributed by atoms with Crippen LogP contribution >= 0.6 is 0 Å². The lowest BCUT2D eigenvalue weighted by atomic mass is 9.86. The lowest BCUT2D eigenvalue weighted by Crippen LogP contribution is -2.50. The summed E-state index contributed by atoms with van der Waals surface area (Å²) in [6.45, 7) is 2.35. The molecule has 1 saturated heterocycles. The molecule has 0 spiro atoms. The number of amides is 2. The van der Waals surface area contributed by atoms with Crippen molar-refractivity contribution in [3.05, 3.63) is 23.8 Å². The molecule has 0 aromatic heterocycles. The molecule has 1 aliphatic carbocycles. The van der Waals surface area contributed by atoms with Crippen molar-refractivity contribution in [3.8, 4) is 11.5 Å². The van der Waals surface area contributed by atoms with E-state index in [9.17, 15) is 9.59 Å². The van der Waals surface area contributed by atoms with E-state index in [-0.39, 0.29) is 11.8 Å². The van der Waals surface area contributed by atoms with Crippen LogP contribution in [-0.4, -0.2) is 62.0 Å². The first-order valence-electron chi connectivity index (χ1n) is 9.91. The van der Waals surface area contributed by atoms with Gasteiger partial charge in [0.05, 0.1) is 14.2 Å². The Morgan fingerprint density at radius 3 is 2.00 bits per heavy atom. The monoisotopic (exact) mass is 374 g/mol. The van der Waals surface area contributed by atoms with Crippen LogP contribution in [0.4, 0.5) is 0 Å². The smallest absolute Gasteiger partial charge is 0.254 e. The number of ether oxygens (including phenoxy) is 2. The van der Waals surface area contributed by atoms with E-state index in [0.717, 1.165) is 0 Å². The number of hydrogen-bond donors (Lipinski definition) is 0. The number of carbonyl (C=O) groups excluding carboxylic acids is 2. The first-order valence-corrected chi connectivity index (χ1v) is 9.91. The van der Waals surface area contributed by atoms with Crippen LogP contribution in [0.2, 0.25) is 0 Å². The number of nitrogens with zero attached hydrogens (tertiary/aromatic N) is 2. The van der Waals surface area contributed by atoms with Crippen molar-refractivity contribution < 1.29 is 19.1 Å². The van der Waals surface area contributed by atoms with Gasteiger partial charge < -0.3 is 19.3 Å². The van der Waals surface area contributed by atoms with Crippen LogP contribution in [0.15, 0.2) is 18.2 Å². The van der Waals surface area contributed by atoms with Gasteiger partial charge in [0.15, 0.2) is 0 Å². The summed E-state index contributed by atoms with van der Waals surface area (Å²) in [4.78, 5) is 29.1. The molecule has 3 rings (SSSR count). The second-order valence-corrected chi connectivity index (χ2v) is 7.48. The van der Waals surface area contributed by atoms with Crippen molar-refractivity contribution in [2.45, 2.75) is 38.5 Å². The third kappa shape index (κ3) is 4.93. The Hall–Kier alpha value is -2.24. The van der Waals surface area contributed by atoms with Crippen molar-refractivity contribution in [2.75, 3.05) is 40.4 Å². The predicted octanol–water partition coefficient (Wildman–Crippen LogP) is 2.96. The van der Waals surface area contributed by atoms with Crippen molar-refractivity contribution in [2.24, 2.45) is 5.92 Å². The summed E-state index contributed by atoms with van der Waals surface area (Å²) in [7, 11) is 3.14. The minimum absolute atomic E-state index is 0.0495. The molecule has 1 aromatic carbocycles. The van der Waals surface area contributed by atoms with E-state index in [1.165, 1.54) is 32.1 Å². The van der Waals surface area contributed by atoms with Gasteiger partial charge in [0, 0.05) is 44.2 Å². The van der Waals surface area contributed by atoms with Gasteiger partial charge in [-0.05, 0) is 30.9 Å². The molecular weight excluding hydrogens is 344 g/mol. The SMILES string of the molecule is COc1cc(OC)cc(C(=O)N2CCN(C(=O)CC3CCCCC3)CC2)c1. The van der Waals surface area contributed by atoms with Gasteiger partial charge in [0.2, 0.25) is 5.91 Å². The van der Waals surface area contributed by atoms with Gasteiger partial charge >= 0.3 is 0 Å². The van der Waals surface area contributed by atoms with E-state index in [1.807, 2.05) is 4.90 Å². The van der Waals surface area contributed by atoms with E-state index < -0.39 is 0 Å². The summed E-state index contributed by atoms with van der Waals surface area (Å²) in [5.74, 6) is 1.94. The maximum atomic E-state index is 12.8. The molecule has 0 N–H and O–H groups in total. The average Bonchev–Trinajstić information content (AvgIpc) is 2.73. The molecule has 148 valence electrons. The predicted molar refractivity (Wildman–Crippen MR) is 103 cm³/mol. The summed E-state index contributed by atoms with van der Waals surface area (Å²) in [6.07, 6.45) is 6.85. The van der Waals surface area contributed by atoms with Crippen LogP contribution in [0.3, 0.4) is 0 Å². The Kier molecular flexibility index (Phi) is 6.58. The normalized spacial score (nSPS) is 18.3. The summed E-state index contributed by atoms with van der Waals surface area (Å²) in [6, 6.07) is 5.20. The third-order valence-electron chi connectivity index (χ3n) is 5.71. The largest absolute Gasteiger partial charge is 0.497 e. The highest BCUT2D eigenvalue weighted by molar-refractivity contribution is 5.95. The van der Waals surface area contributed by atoms with Crippen LogP contribution in [0, 0.1) is 5.92 Å². The second kappa shape index (κ2) is 9.11. The summed E-state index contributed by atoms with van der Waals surface area (Å²) in [5.41, 5.74) is 0.549. The van der Waals surface area contributed by atoms with Crippen molar-refractivity contribution in [1.29, 1.82) is 0 Å². The molecule has 0 unspecified atom stereocenters. The number of rotatable bonds is 5. The topological polar surface area (TPSA) is 59.1 Å². The van der Waals surface area contributed by atoms with E-state index in [4.69, 9.17) is 9.47 Å². The molecule has 2 fully saturated rings. The number of piperazine rings is 1. The fourth-order valence-corrected chi connectivity index (χ4v) is 4.04. The van der Waals surface area contributed by atoms with E-state index >= 15 is 0 Å². The maximum Gasteiger partial charge on any atom is 0.254 e. The molecule has 6 heteroatoms. The third-order valence-corrected chi connectivity index (χ3v) is 5.71. The number of methoxy groups -OCH3 is 2. The number of carbonyl (C=O) groups is 2. The van der Waals surface area contributed by atoms with Gasteiger partial charge in [-0.3, -0.25) is 9.59 Å².